The van der Waals surface area contributed by atoms with E-state index in [1.165, 1.54) is 9.13 Å². The first-order valence-corrected chi connectivity index (χ1v) is 8.00. The van der Waals surface area contributed by atoms with Crippen molar-refractivity contribution in [2.24, 2.45) is 7.05 Å². The summed E-state index contributed by atoms with van der Waals surface area (Å²) in [6.07, 6.45) is 0. The third-order valence-electron chi connectivity index (χ3n) is 4.50. The zero-order valence-electron chi connectivity index (χ0n) is 15.0. The van der Waals surface area contributed by atoms with Crippen molar-refractivity contribution in [3.05, 3.63) is 44.4 Å². The maximum Gasteiger partial charge on any atom is 0.332 e. The van der Waals surface area contributed by atoms with Crippen LogP contribution in [0.15, 0.2) is 21.7 Å². The SMILES string of the molecule is C=C(C)Cn1c(=O)c2c(nc3n(C(C)C)c(C)c(C)n23)n(C)c1=O. The van der Waals surface area contributed by atoms with Crippen LogP contribution in [0.1, 0.15) is 38.2 Å². The second kappa shape index (κ2) is 5.22. The van der Waals surface area contributed by atoms with Crippen molar-refractivity contribution in [1.82, 2.24) is 23.1 Å². The Kier molecular flexibility index (Phi) is 3.55. The van der Waals surface area contributed by atoms with E-state index in [4.69, 9.17) is 0 Å². The van der Waals surface area contributed by atoms with E-state index in [1.807, 2.05) is 18.2 Å². The molecule has 0 spiro atoms. The van der Waals surface area contributed by atoms with Gasteiger partial charge in [-0.2, -0.15) is 4.98 Å². The lowest BCUT2D eigenvalue weighted by Crippen LogP contribution is -2.39. The molecule has 0 saturated carbocycles. The highest BCUT2D eigenvalue weighted by molar-refractivity contribution is 5.76. The van der Waals surface area contributed by atoms with Crippen molar-refractivity contribution >= 4 is 16.9 Å². The first-order valence-electron chi connectivity index (χ1n) is 8.00. The lowest BCUT2D eigenvalue weighted by Gasteiger charge is -2.10. The highest BCUT2D eigenvalue weighted by Crippen LogP contribution is 2.23. The molecule has 0 radical (unpaired) electrons. The monoisotopic (exact) mass is 329 g/mol. The predicted octanol–water partition coefficient (Wildman–Crippen LogP) is 1.92. The summed E-state index contributed by atoms with van der Waals surface area (Å²) < 4.78 is 6.61. The maximum atomic E-state index is 13.0. The molecule has 3 aromatic rings. The molecule has 0 aliphatic rings. The van der Waals surface area contributed by atoms with E-state index >= 15 is 0 Å². The van der Waals surface area contributed by atoms with Crippen molar-refractivity contribution in [2.75, 3.05) is 0 Å². The fraction of sp³-hybridized carbons (Fsp3) is 0.471. The number of aromatic nitrogens is 5. The van der Waals surface area contributed by atoms with E-state index in [-0.39, 0.29) is 23.8 Å². The molecular formula is C17H23N5O2. The molecule has 0 amide bonds. The first-order chi connectivity index (χ1) is 11.2. The Morgan fingerprint density at radius 2 is 1.83 bits per heavy atom. The summed E-state index contributed by atoms with van der Waals surface area (Å²) in [7, 11) is 1.65. The van der Waals surface area contributed by atoms with E-state index in [2.05, 4.69) is 30.0 Å². The Morgan fingerprint density at radius 3 is 2.38 bits per heavy atom. The van der Waals surface area contributed by atoms with Gasteiger partial charge in [-0.3, -0.25) is 18.3 Å². The fourth-order valence-corrected chi connectivity index (χ4v) is 3.30. The van der Waals surface area contributed by atoms with Gasteiger partial charge in [-0.05, 0) is 34.6 Å². The highest BCUT2D eigenvalue weighted by Gasteiger charge is 2.23. The van der Waals surface area contributed by atoms with Gasteiger partial charge in [0.25, 0.3) is 5.56 Å². The number of rotatable bonds is 3. The minimum Gasteiger partial charge on any atom is -0.311 e. The van der Waals surface area contributed by atoms with Gasteiger partial charge in [0.1, 0.15) is 0 Å². The van der Waals surface area contributed by atoms with E-state index in [1.54, 1.807) is 14.0 Å². The highest BCUT2D eigenvalue weighted by atomic mass is 16.2. The molecule has 128 valence electrons. The summed E-state index contributed by atoms with van der Waals surface area (Å²) in [5.74, 6) is 0.690. The van der Waals surface area contributed by atoms with Gasteiger partial charge in [0.05, 0.1) is 6.54 Å². The van der Waals surface area contributed by atoms with E-state index in [9.17, 15) is 9.59 Å². The normalized spacial score (nSPS) is 12.0. The molecule has 24 heavy (non-hydrogen) atoms. The molecule has 0 bridgehead atoms. The van der Waals surface area contributed by atoms with Crippen LogP contribution < -0.4 is 11.2 Å². The zero-order chi connectivity index (χ0) is 17.9. The summed E-state index contributed by atoms with van der Waals surface area (Å²) in [5.41, 5.74) is 2.92. The second-order valence-electron chi connectivity index (χ2n) is 6.74. The second-order valence-corrected chi connectivity index (χ2v) is 6.74. The molecule has 0 fully saturated rings. The topological polar surface area (TPSA) is 66.2 Å². The Bertz CT molecular complexity index is 1100. The van der Waals surface area contributed by atoms with Crippen molar-refractivity contribution in [2.45, 2.75) is 47.2 Å². The number of allylic oxidation sites excluding steroid dienone is 1. The minimum atomic E-state index is -0.373. The Hall–Kier alpha value is -2.57. The van der Waals surface area contributed by atoms with Crippen LogP contribution in [-0.2, 0) is 13.6 Å². The van der Waals surface area contributed by atoms with Crippen LogP contribution in [0.5, 0.6) is 0 Å². The third kappa shape index (κ3) is 2.00. The average molecular weight is 329 g/mol. The fourth-order valence-electron chi connectivity index (χ4n) is 3.30. The van der Waals surface area contributed by atoms with E-state index in [0.717, 1.165) is 17.0 Å². The van der Waals surface area contributed by atoms with Gasteiger partial charge >= 0.3 is 5.69 Å². The largest absolute Gasteiger partial charge is 0.332 e. The summed E-state index contributed by atoms with van der Waals surface area (Å²) in [6, 6.07) is 0.202. The molecule has 0 aliphatic carbocycles. The van der Waals surface area contributed by atoms with E-state index < -0.39 is 0 Å². The van der Waals surface area contributed by atoms with Gasteiger partial charge in [0, 0.05) is 24.5 Å². The van der Waals surface area contributed by atoms with Crippen LogP contribution in [0.2, 0.25) is 0 Å². The van der Waals surface area contributed by atoms with Gasteiger partial charge < -0.3 is 4.57 Å². The van der Waals surface area contributed by atoms with Gasteiger partial charge in [-0.15, -0.1) is 0 Å². The summed E-state index contributed by atoms with van der Waals surface area (Å²) >= 11 is 0. The number of aryl methyl sites for hydroxylation is 2. The van der Waals surface area contributed by atoms with Crippen molar-refractivity contribution in [3.63, 3.8) is 0 Å². The summed E-state index contributed by atoms with van der Waals surface area (Å²) in [4.78, 5) is 30.1. The third-order valence-corrected chi connectivity index (χ3v) is 4.50. The van der Waals surface area contributed by atoms with Crippen LogP contribution in [0.3, 0.4) is 0 Å². The standard InChI is InChI=1S/C17H23N5O2/c1-9(2)8-20-15(23)13-14(19(7)17(20)24)18-16-21(10(3)4)11(5)12(6)22(13)16/h10H,1,8H2,2-7H3. The van der Waals surface area contributed by atoms with Gasteiger partial charge in [0.15, 0.2) is 11.2 Å². The van der Waals surface area contributed by atoms with Crippen molar-refractivity contribution in [1.29, 1.82) is 0 Å². The van der Waals surface area contributed by atoms with Crippen LogP contribution in [-0.4, -0.2) is 23.1 Å². The Morgan fingerprint density at radius 1 is 1.21 bits per heavy atom. The number of hydrogen-bond donors (Lipinski definition) is 0. The molecule has 3 aromatic heterocycles. The molecule has 0 unspecified atom stereocenters. The van der Waals surface area contributed by atoms with Gasteiger partial charge in [-0.25, -0.2) is 4.79 Å². The molecule has 7 heteroatoms. The van der Waals surface area contributed by atoms with E-state index in [0.29, 0.717) is 16.9 Å². The van der Waals surface area contributed by atoms with Gasteiger partial charge in [-0.1, -0.05) is 12.2 Å². The lowest BCUT2D eigenvalue weighted by atomic mass is 10.3. The van der Waals surface area contributed by atoms with Gasteiger partial charge in [0.2, 0.25) is 5.78 Å². The predicted molar refractivity (Wildman–Crippen MR) is 94.9 cm³/mol. The first kappa shape index (κ1) is 16.3. The molecular weight excluding hydrogens is 306 g/mol. The molecule has 0 saturated heterocycles. The number of imidazole rings is 2. The van der Waals surface area contributed by atoms with Crippen LogP contribution in [0.25, 0.3) is 16.9 Å². The van der Waals surface area contributed by atoms with Crippen molar-refractivity contribution < 1.29 is 0 Å². The molecule has 0 atom stereocenters. The molecule has 0 aliphatic heterocycles. The number of hydrogen-bond acceptors (Lipinski definition) is 3. The lowest BCUT2D eigenvalue weighted by molar-refractivity contribution is 0.600. The zero-order valence-corrected chi connectivity index (χ0v) is 15.0. The van der Waals surface area contributed by atoms with Crippen LogP contribution in [0.4, 0.5) is 0 Å². The smallest absolute Gasteiger partial charge is 0.311 e. The average Bonchev–Trinajstić information content (AvgIpc) is 2.98. The quantitative estimate of drug-likeness (QED) is 0.690. The minimum absolute atomic E-state index is 0.202. The molecule has 0 N–H and O–H groups in total. The molecule has 3 heterocycles. The summed E-state index contributed by atoms with van der Waals surface area (Å²) in [6.45, 7) is 14.0. The van der Waals surface area contributed by atoms with Crippen molar-refractivity contribution in [3.8, 4) is 0 Å². The summed E-state index contributed by atoms with van der Waals surface area (Å²) in [5, 5.41) is 0. The maximum absolute atomic E-state index is 13.0. The number of fused-ring (bicyclic) bond motifs is 3. The Balaban J connectivity index is 2.59. The molecule has 7 nitrogen and oxygen atoms in total. The number of nitrogens with zero attached hydrogens (tertiary/aromatic N) is 5. The van der Waals surface area contributed by atoms with Crippen LogP contribution in [0, 0.1) is 13.8 Å². The Labute approximate surface area is 139 Å². The van der Waals surface area contributed by atoms with Crippen LogP contribution >= 0.6 is 0 Å². The molecule has 3 rings (SSSR count). The molecule has 0 aromatic carbocycles.